The summed E-state index contributed by atoms with van der Waals surface area (Å²) in [5.74, 6) is 0.162. The van der Waals surface area contributed by atoms with Crippen LogP contribution in [-0.2, 0) is 9.53 Å². The molecule has 0 unspecified atom stereocenters. The number of benzene rings is 2. The van der Waals surface area contributed by atoms with E-state index in [4.69, 9.17) is 9.15 Å². The molecule has 0 aliphatic carbocycles. The first-order valence-corrected chi connectivity index (χ1v) is 6.85. The molecule has 1 aliphatic heterocycles. The van der Waals surface area contributed by atoms with Crippen molar-refractivity contribution in [3.8, 4) is 0 Å². The monoisotopic (exact) mass is 289 g/mol. The van der Waals surface area contributed by atoms with E-state index in [1.807, 2.05) is 42.5 Å². The van der Waals surface area contributed by atoms with Crippen molar-refractivity contribution in [2.75, 3.05) is 0 Å². The van der Waals surface area contributed by atoms with Gasteiger partial charge in [0, 0.05) is 0 Å². The maximum absolute atomic E-state index is 12.0. The van der Waals surface area contributed by atoms with E-state index < -0.39 is 5.97 Å². The van der Waals surface area contributed by atoms with E-state index in [0.29, 0.717) is 5.76 Å². The molecule has 0 radical (unpaired) electrons. The number of cyclic esters (lactones) is 1. The number of rotatable bonds is 2. The maximum atomic E-state index is 12.0. The Labute approximate surface area is 126 Å². The third kappa shape index (κ3) is 2.11. The number of fused-ring (bicyclic) bond motifs is 1. The molecule has 0 spiro atoms. The van der Waals surface area contributed by atoms with E-state index in [-0.39, 0.29) is 11.6 Å². The Balaban J connectivity index is 1.80. The average molecular weight is 289 g/mol. The highest BCUT2D eigenvalue weighted by atomic mass is 16.6. The van der Waals surface area contributed by atoms with E-state index in [9.17, 15) is 4.79 Å². The fourth-order valence-corrected chi connectivity index (χ4v) is 2.44. The van der Waals surface area contributed by atoms with Crippen molar-refractivity contribution >= 4 is 28.7 Å². The largest absolute Gasteiger partial charge is 0.459 e. The summed E-state index contributed by atoms with van der Waals surface area (Å²) in [5.41, 5.74) is 1.19. The molecule has 4 nitrogen and oxygen atoms in total. The van der Waals surface area contributed by atoms with E-state index >= 15 is 0 Å². The van der Waals surface area contributed by atoms with Crippen LogP contribution >= 0.6 is 0 Å². The summed E-state index contributed by atoms with van der Waals surface area (Å²) in [6, 6.07) is 17.3. The predicted molar refractivity (Wildman–Crippen MR) is 83.3 cm³/mol. The number of hydrogen-bond acceptors (Lipinski definition) is 4. The van der Waals surface area contributed by atoms with Crippen LogP contribution in [0, 0.1) is 0 Å². The Morgan fingerprint density at radius 3 is 2.68 bits per heavy atom. The first-order valence-electron chi connectivity index (χ1n) is 6.85. The molecule has 1 aromatic heterocycles. The van der Waals surface area contributed by atoms with Gasteiger partial charge >= 0.3 is 5.97 Å². The van der Waals surface area contributed by atoms with E-state index in [1.165, 1.54) is 6.26 Å². The molecule has 1 aliphatic rings. The van der Waals surface area contributed by atoms with E-state index in [2.05, 4.69) is 4.99 Å². The number of carbonyl (C=O) groups is 1. The summed E-state index contributed by atoms with van der Waals surface area (Å²) < 4.78 is 10.4. The number of furan rings is 1. The van der Waals surface area contributed by atoms with Gasteiger partial charge in [0.05, 0.1) is 6.26 Å². The molecule has 0 bridgehead atoms. The molecule has 0 N–H and O–H groups in total. The number of carbonyl (C=O) groups excluding carboxylic acids is 1. The van der Waals surface area contributed by atoms with Gasteiger partial charge < -0.3 is 9.15 Å². The molecule has 4 heteroatoms. The fourth-order valence-electron chi connectivity index (χ4n) is 2.44. The second-order valence-electron chi connectivity index (χ2n) is 4.88. The van der Waals surface area contributed by atoms with Crippen molar-refractivity contribution in [3.05, 3.63) is 77.9 Å². The summed E-state index contributed by atoms with van der Waals surface area (Å²) in [6.07, 6.45) is 3.25. The van der Waals surface area contributed by atoms with Gasteiger partial charge in [-0.2, -0.15) is 0 Å². The highest BCUT2D eigenvalue weighted by Crippen LogP contribution is 2.24. The highest BCUT2D eigenvalue weighted by molar-refractivity contribution is 6.12. The van der Waals surface area contributed by atoms with E-state index in [1.54, 1.807) is 18.2 Å². The minimum atomic E-state index is -0.473. The van der Waals surface area contributed by atoms with Crippen LogP contribution in [0.4, 0.5) is 0 Å². The van der Waals surface area contributed by atoms with Crippen molar-refractivity contribution in [1.82, 2.24) is 0 Å². The molecule has 106 valence electrons. The average Bonchev–Trinajstić information content (AvgIpc) is 3.18. The number of hydrogen-bond donors (Lipinski definition) is 0. The molecule has 0 amide bonds. The number of esters is 1. The Kier molecular flexibility index (Phi) is 2.86. The Bertz CT molecular complexity index is 915. The van der Waals surface area contributed by atoms with Crippen molar-refractivity contribution in [2.24, 2.45) is 4.99 Å². The molecule has 2 aromatic carbocycles. The Morgan fingerprint density at radius 1 is 0.955 bits per heavy atom. The second kappa shape index (κ2) is 5.00. The molecule has 4 rings (SSSR count). The Hall–Kier alpha value is -3.14. The third-order valence-corrected chi connectivity index (χ3v) is 3.47. The van der Waals surface area contributed by atoms with Crippen molar-refractivity contribution < 1.29 is 13.9 Å². The van der Waals surface area contributed by atoms with Crippen LogP contribution in [0.2, 0.25) is 0 Å². The van der Waals surface area contributed by atoms with Crippen LogP contribution in [0.5, 0.6) is 0 Å². The lowest BCUT2D eigenvalue weighted by molar-refractivity contribution is -0.130. The molecule has 3 aromatic rings. The van der Waals surface area contributed by atoms with Gasteiger partial charge in [-0.1, -0.05) is 42.5 Å². The van der Waals surface area contributed by atoms with Crippen LogP contribution in [0.1, 0.15) is 11.3 Å². The topological polar surface area (TPSA) is 51.8 Å². The van der Waals surface area contributed by atoms with Crippen LogP contribution < -0.4 is 0 Å². The van der Waals surface area contributed by atoms with Gasteiger partial charge in [-0.05, 0) is 34.5 Å². The highest BCUT2D eigenvalue weighted by Gasteiger charge is 2.25. The second-order valence-corrected chi connectivity index (χ2v) is 4.88. The lowest BCUT2D eigenvalue weighted by Gasteiger charge is -2.01. The zero-order valence-electron chi connectivity index (χ0n) is 11.5. The van der Waals surface area contributed by atoms with Crippen LogP contribution in [0.25, 0.3) is 16.8 Å². The minimum Gasteiger partial charge on any atom is -0.459 e. The first kappa shape index (κ1) is 12.6. The van der Waals surface area contributed by atoms with Gasteiger partial charge in [-0.15, -0.1) is 0 Å². The van der Waals surface area contributed by atoms with Crippen molar-refractivity contribution in [1.29, 1.82) is 0 Å². The third-order valence-electron chi connectivity index (χ3n) is 3.47. The van der Waals surface area contributed by atoms with Crippen LogP contribution in [0.15, 0.2) is 76.0 Å². The first-order chi connectivity index (χ1) is 10.8. The molecular weight excluding hydrogens is 278 g/mol. The van der Waals surface area contributed by atoms with Gasteiger partial charge in [0.1, 0.15) is 0 Å². The molecule has 2 heterocycles. The molecular formula is C18H11NO3. The van der Waals surface area contributed by atoms with Gasteiger partial charge in [-0.3, -0.25) is 0 Å². The summed E-state index contributed by atoms with van der Waals surface area (Å²) in [6.45, 7) is 0. The molecule has 0 saturated carbocycles. The van der Waals surface area contributed by atoms with Crippen LogP contribution in [0.3, 0.4) is 0 Å². The summed E-state index contributed by atoms with van der Waals surface area (Å²) in [4.78, 5) is 16.2. The quantitative estimate of drug-likeness (QED) is 0.533. The van der Waals surface area contributed by atoms with Crippen molar-refractivity contribution in [3.63, 3.8) is 0 Å². The lowest BCUT2D eigenvalue weighted by Crippen LogP contribution is -2.04. The normalized spacial score (nSPS) is 16.1. The summed E-state index contributed by atoms with van der Waals surface area (Å²) in [5, 5.41) is 2.17. The number of ether oxygens (including phenoxy) is 1. The van der Waals surface area contributed by atoms with E-state index in [0.717, 1.165) is 16.3 Å². The van der Waals surface area contributed by atoms with Gasteiger partial charge in [0.2, 0.25) is 0 Å². The number of aliphatic imine (C=N–C) groups is 1. The smallest absolute Gasteiger partial charge is 0.363 e. The molecule has 0 saturated heterocycles. The van der Waals surface area contributed by atoms with Gasteiger partial charge in [0.15, 0.2) is 11.5 Å². The fraction of sp³-hybridized carbons (Fsp3) is 0. The lowest BCUT2D eigenvalue weighted by atomic mass is 10.0. The molecule has 22 heavy (non-hydrogen) atoms. The molecule has 0 fully saturated rings. The standard InChI is InChI=1S/C18H11NO3/c20-18-15(19-17(22-18)16-9-4-10-21-16)11-13-7-3-6-12-5-1-2-8-14(12)13/h1-11H. The van der Waals surface area contributed by atoms with Crippen molar-refractivity contribution in [2.45, 2.75) is 0 Å². The van der Waals surface area contributed by atoms with Gasteiger partial charge in [0.25, 0.3) is 5.90 Å². The minimum absolute atomic E-state index is 0.196. The zero-order chi connectivity index (χ0) is 14.9. The summed E-state index contributed by atoms with van der Waals surface area (Å²) in [7, 11) is 0. The van der Waals surface area contributed by atoms with Gasteiger partial charge in [-0.25, -0.2) is 9.79 Å². The zero-order valence-corrected chi connectivity index (χ0v) is 11.5. The summed E-state index contributed by atoms with van der Waals surface area (Å²) >= 11 is 0. The van der Waals surface area contributed by atoms with Crippen LogP contribution in [-0.4, -0.2) is 11.9 Å². The maximum Gasteiger partial charge on any atom is 0.363 e. The predicted octanol–water partition coefficient (Wildman–Crippen LogP) is 3.78. The SMILES string of the molecule is O=C1OC(c2ccco2)=NC1=Cc1cccc2ccccc12. The Morgan fingerprint density at radius 2 is 1.82 bits per heavy atom. The molecule has 0 atom stereocenters. The number of nitrogens with zero attached hydrogens (tertiary/aromatic N) is 1.